The van der Waals surface area contributed by atoms with Crippen LogP contribution in [0.1, 0.15) is 42.6 Å². The molecule has 1 atom stereocenters. The van der Waals surface area contributed by atoms with E-state index in [9.17, 15) is 0 Å². The van der Waals surface area contributed by atoms with E-state index in [0.29, 0.717) is 6.04 Å². The molecule has 4 nitrogen and oxygen atoms in total. The first-order valence-corrected chi connectivity index (χ1v) is 7.30. The lowest BCUT2D eigenvalue weighted by atomic mass is 9.92. The van der Waals surface area contributed by atoms with Crippen molar-refractivity contribution in [3.05, 3.63) is 41.3 Å². The molecule has 0 aromatic carbocycles. The Morgan fingerprint density at radius 3 is 3.05 bits per heavy atom. The smallest absolute Gasteiger partial charge is 0.178 e. The van der Waals surface area contributed by atoms with Gasteiger partial charge in [0.25, 0.3) is 0 Å². The van der Waals surface area contributed by atoms with Crippen molar-refractivity contribution in [1.82, 2.24) is 20.3 Å². The highest BCUT2D eigenvalue weighted by atomic mass is 14.9. The second-order valence-corrected chi connectivity index (χ2v) is 5.19. The highest BCUT2D eigenvalue weighted by Crippen LogP contribution is 2.29. The monoisotopic (exact) mass is 268 g/mol. The fourth-order valence-corrected chi connectivity index (χ4v) is 2.89. The maximum absolute atomic E-state index is 4.78. The second kappa shape index (κ2) is 5.67. The number of nitrogens with zero attached hydrogens (tertiary/aromatic N) is 3. The number of fused-ring (bicyclic) bond motifs is 1. The average Bonchev–Trinajstić information content (AvgIpc) is 2.53. The zero-order valence-electron chi connectivity index (χ0n) is 12.1. The topological polar surface area (TPSA) is 50.7 Å². The third-order valence-corrected chi connectivity index (χ3v) is 4.01. The third-order valence-electron chi connectivity index (χ3n) is 4.01. The van der Waals surface area contributed by atoms with Gasteiger partial charge in [-0.15, -0.1) is 0 Å². The fraction of sp³-hybridized carbons (Fsp3) is 0.438. The summed E-state index contributed by atoms with van der Waals surface area (Å²) in [6.45, 7) is 2.13. The highest BCUT2D eigenvalue weighted by molar-refractivity contribution is 5.55. The van der Waals surface area contributed by atoms with Crippen LogP contribution in [0.25, 0.3) is 11.5 Å². The Hall–Kier alpha value is -1.81. The molecule has 0 bridgehead atoms. The van der Waals surface area contributed by atoms with Gasteiger partial charge in [0.1, 0.15) is 5.69 Å². The van der Waals surface area contributed by atoms with Gasteiger partial charge in [-0.3, -0.25) is 4.98 Å². The lowest BCUT2D eigenvalue weighted by molar-refractivity contribution is 0.487. The molecule has 0 spiro atoms. The second-order valence-electron chi connectivity index (χ2n) is 5.19. The average molecular weight is 268 g/mol. The van der Waals surface area contributed by atoms with Crippen LogP contribution in [-0.4, -0.2) is 22.0 Å². The van der Waals surface area contributed by atoms with Crippen LogP contribution < -0.4 is 5.32 Å². The predicted octanol–water partition coefficient (Wildman–Crippen LogP) is 2.70. The first-order valence-electron chi connectivity index (χ1n) is 7.30. The molecule has 2 aromatic heterocycles. The number of hydrogen-bond acceptors (Lipinski definition) is 4. The maximum Gasteiger partial charge on any atom is 0.178 e. The summed E-state index contributed by atoms with van der Waals surface area (Å²) < 4.78 is 0. The van der Waals surface area contributed by atoms with Crippen molar-refractivity contribution in [3.8, 4) is 11.5 Å². The van der Waals surface area contributed by atoms with Crippen LogP contribution >= 0.6 is 0 Å². The summed E-state index contributed by atoms with van der Waals surface area (Å²) in [5, 5.41) is 3.35. The quantitative estimate of drug-likeness (QED) is 0.930. The molecule has 2 aromatic rings. The van der Waals surface area contributed by atoms with Crippen molar-refractivity contribution < 1.29 is 0 Å². The summed E-state index contributed by atoms with van der Waals surface area (Å²) in [5.74, 6) is 0.762. The molecule has 0 amide bonds. The number of aryl methyl sites for hydroxylation is 2. The van der Waals surface area contributed by atoms with Crippen LogP contribution in [0.2, 0.25) is 0 Å². The molecule has 0 aliphatic heterocycles. The van der Waals surface area contributed by atoms with E-state index in [2.05, 4.69) is 28.3 Å². The summed E-state index contributed by atoms with van der Waals surface area (Å²) in [4.78, 5) is 13.8. The van der Waals surface area contributed by atoms with Gasteiger partial charge in [0.05, 0.1) is 0 Å². The Kier molecular flexibility index (Phi) is 3.74. The van der Waals surface area contributed by atoms with E-state index in [4.69, 9.17) is 4.98 Å². The Morgan fingerprint density at radius 2 is 2.25 bits per heavy atom. The lowest BCUT2D eigenvalue weighted by Crippen LogP contribution is -2.23. The molecule has 2 heterocycles. The first kappa shape index (κ1) is 13.2. The van der Waals surface area contributed by atoms with E-state index >= 15 is 0 Å². The van der Waals surface area contributed by atoms with E-state index in [1.165, 1.54) is 23.2 Å². The molecule has 0 fully saturated rings. The zero-order valence-corrected chi connectivity index (χ0v) is 12.1. The van der Waals surface area contributed by atoms with Crippen molar-refractivity contribution in [2.75, 3.05) is 7.05 Å². The van der Waals surface area contributed by atoms with Crippen LogP contribution in [0.15, 0.2) is 24.5 Å². The number of pyridine rings is 1. The van der Waals surface area contributed by atoms with Crippen molar-refractivity contribution in [2.24, 2.45) is 0 Å². The highest BCUT2D eigenvalue weighted by Gasteiger charge is 2.21. The SMILES string of the molecule is CCc1cccnc1-c1ncc2c(n1)CCCC2NC. The summed E-state index contributed by atoms with van der Waals surface area (Å²) in [5.41, 5.74) is 4.54. The van der Waals surface area contributed by atoms with E-state index in [0.717, 1.165) is 30.8 Å². The minimum Gasteiger partial charge on any atom is -0.313 e. The van der Waals surface area contributed by atoms with Crippen LogP contribution in [0.4, 0.5) is 0 Å². The van der Waals surface area contributed by atoms with Gasteiger partial charge in [-0.05, 0) is 44.4 Å². The molecule has 104 valence electrons. The number of aromatic nitrogens is 3. The Balaban J connectivity index is 2.04. The lowest BCUT2D eigenvalue weighted by Gasteiger charge is -2.24. The summed E-state index contributed by atoms with van der Waals surface area (Å²) >= 11 is 0. The van der Waals surface area contributed by atoms with Gasteiger partial charge >= 0.3 is 0 Å². The molecular formula is C16H20N4. The largest absolute Gasteiger partial charge is 0.313 e. The minimum absolute atomic E-state index is 0.391. The third kappa shape index (κ3) is 2.31. The molecule has 3 rings (SSSR count). The van der Waals surface area contributed by atoms with Gasteiger partial charge < -0.3 is 5.32 Å². The van der Waals surface area contributed by atoms with Gasteiger partial charge in [0.2, 0.25) is 0 Å². The van der Waals surface area contributed by atoms with Gasteiger partial charge in [-0.1, -0.05) is 13.0 Å². The van der Waals surface area contributed by atoms with Crippen LogP contribution in [0.3, 0.4) is 0 Å². The van der Waals surface area contributed by atoms with E-state index in [1.807, 2.05) is 25.5 Å². The predicted molar refractivity (Wildman–Crippen MR) is 79.4 cm³/mol. The van der Waals surface area contributed by atoms with Crippen LogP contribution in [0.5, 0.6) is 0 Å². The zero-order chi connectivity index (χ0) is 13.9. The van der Waals surface area contributed by atoms with E-state index in [-0.39, 0.29) is 0 Å². The molecule has 1 aliphatic carbocycles. The van der Waals surface area contributed by atoms with E-state index in [1.54, 1.807) is 0 Å². The van der Waals surface area contributed by atoms with Crippen molar-refractivity contribution in [2.45, 2.75) is 38.6 Å². The Morgan fingerprint density at radius 1 is 1.35 bits per heavy atom. The standard InChI is InChI=1S/C16H20N4/c1-3-11-6-5-9-18-15(11)16-19-10-12-13(17-2)7-4-8-14(12)20-16/h5-6,9-10,13,17H,3-4,7-8H2,1-2H3. The fourth-order valence-electron chi connectivity index (χ4n) is 2.89. The molecule has 1 N–H and O–H groups in total. The Labute approximate surface area is 119 Å². The molecule has 20 heavy (non-hydrogen) atoms. The summed E-state index contributed by atoms with van der Waals surface area (Å²) in [7, 11) is 2.00. The first-order chi connectivity index (χ1) is 9.83. The minimum atomic E-state index is 0.391. The van der Waals surface area contributed by atoms with Crippen molar-refractivity contribution in [1.29, 1.82) is 0 Å². The van der Waals surface area contributed by atoms with Gasteiger partial charge in [-0.2, -0.15) is 0 Å². The number of hydrogen-bond donors (Lipinski definition) is 1. The normalized spacial score (nSPS) is 17.8. The summed E-state index contributed by atoms with van der Waals surface area (Å²) in [6, 6.07) is 4.46. The molecule has 4 heteroatoms. The molecule has 0 saturated carbocycles. The molecular weight excluding hydrogens is 248 g/mol. The molecule has 1 aliphatic rings. The molecule has 1 unspecified atom stereocenters. The molecule has 0 saturated heterocycles. The Bertz CT molecular complexity index is 609. The molecule has 0 radical (unpaired) electrons. The number of rotatable bonds is 3. The van der Waals surface area contributed by atoms with Crippen molar-refractivity contribution >= 4 is 0 Å². The van der Waals surface area contributed by atoms with E-state index < -0.39 is 0 Å². The van der Waals surface area contributed by atoms with Crippen LogP contribution in [-0.2, 0) is 12.8 Å². The van der Waals surface area contributed by atoms with Crippen LogP contribution in [0, 0.1) is 0 Å². The van der Waals surface area contributed by atoms with Gasteiger partial charge in [0.15, 0.2) is 5.82 Å². The summed E-state index contributed by atoms with van der Waals surface area (Å²) in [6.07, 6.45) is 8.12. The number of nitrogens with one attached hydrogen (secondary N) is 1. The maximum atomic E-state index is 4.78. The van der Waals surface area contributed by atoms with Gasteiger partial charge in [-0.25, -0.2) is 9.97 Å². The van der Waals surface area contributed by atoms with Crippen molar-refractivity contribution in [3.63, 3.8) is 0 Å². The van der Waals surface area contributed by atoms with Gasteiger partial charge in [0, 0.05) is 29.7 Å².